The van der Waals surface area contributed by atoms with Gasteiger partial charge in [-0.3, -0.25) is 4.84 Å². The summed E-state index contributed by atoms with van der Waals surface area (Å²) in [5, 5.41) is 1.76. The largest absolute Gasteiger partial charge is 0.303 e. The lowest BCUT2D eigenvalue weighted by Gasteiger charge is -2.19. The minimum absolute atomic E-state index is 0.0533. The van der Waals surface area contributed by atoms with Crippen LogP contribution in [0, 0.1) is 5.92 Å². The Hall–Kier alpha value is -1.19. The fourth-order valence-corrected chi connectivity index (χ4v) is 1.87. The van der Waals surface area contributed by atoms with Crippen molar-refractivity contribution in [3.8, 4) is 0 Å². The lowest BCUT2D eigenvalue weighted by Crippen LogP contribution is -2.20. The van der Waals surface area contributed by atoms with Crippen LogP contribution in [-0.2, 0) is 9.63 Å². The van der Waals surface area contributed by atoms with Gasteiger partial charge < -0.3 is 4.79 Å². The van der Waals surface area contributed by atoms with Crippen LogP contribution in [0.25, 0.3) is 0 Å². The van der Waals surface area contributed by atoms with Crippen molar-refractivity contribution in [1.29, 1.82) is 0 Å². The van der Waals surface area contributed by atoms with Crippen molar-refractivity contribution < 1.29 is 9.63 Å². The summed E-state index contributed by atoms with van der Waals surface area (Å²) < 4.78 is 0. The molecule has 1 heterocycles. The third kappa shape index (κ3) is 1.56. The molecule has 1 saturated heterocycles. The highest BCUT2D eigenvalue weighted by Gasteiger charge is 2.33. The number of aldehydes is 1. The Balaban J connectivity index is 2.27. The Kier molecular flexibility index (Phi) is 2.61. The van der Waals surface area contributed by atoms with Gasteiger partial charge in [0, 0.05) is 7.05 Å². The van der Waals surface area contributed by atoms with E-state index in [1.807, 2.05) is 37.4 Å². The molecular formula is C11H13NO2. The highest BCUT2D eigenvalue weighted by Crippen LogP contribution is 2.32. The Morgan fingerprint density at radius 2 is 2.14 bits per heavy atom. The van der Waals surface area contributed by atoms with E-state index in [9.17, 15) is 4.79 Å². The smallest absolute Gasteiger partial charge is 0.127 e. The fourth-order valence-electron chi connectivity index (χ4n) is 1.87. The summed E-state index contributed by atoms with van der Waals surface area (Å²) in [6.07, 6.45) is 0.973. The molecule has 14 heavy (non-hydrogen) atoms. The maximum Gasteiger partial charge on any atom is 0.127 e. The molecule has 0 unspecified atom stereocenters. The van der Waals surface area contributed by atoms with Crippen molar-refractivity contribution in [2.24, 2.45) is 5.92 Å². The van der Waals surface area contributed by atoms with Gasteiger partial charge in [0.15, 0.2) is 0 Å². The number of hydrogen-bond acceptors (Lipinski definition) is 3. The quantitative estimate of drug-likeness (QED) is 0.662. The normalized spacial score (nSPS) is 27.8. The predicted octanol–water partition coefficient (Wildman–Crippen LogP) is 1.42. The zero-order chi connectivity index (χ0) is 9.97. The van der Waals surface area contributed by atoms with E-state index in [-0.39, 0.29) is 12.0 Å². The molecular weight excluding hydrogens is 178 g/mol. The van der Waals surface area contributed by atoms with E-state index in [0.717, 1.165) is 11.8 Å². The van der Waals surface area contributed by atoms with Crippen molar-refractivity contribution in [2.75, 3.05) is 13.7 Å². The summed E-state index contributed by atoms with van der Waals surface area (Å²) in [6, 6.07) is 10.0. The molecule has 3 nitrogen and oxygen atoms in total. The van der Waals surface area contributed by atoms with Gasteiger partial charge in [0.1, 0.15) is 6.29 Å². The van der Waals surface area contributed by atoms with Crippen LogP contribution in [0.15, 0.2) is 30.3 Å². The minimum Gasteiger partial charge on any atom is -0.303 e. The Labute approximate surface area is 83.2 Å². The van der Waals surface area contributed by atoms with Crippen LogP contribution in [-0.4, -0.2) is 25.0 Å². The van der Waals surface area contributed by atoms with Crippen molar-refractivity contribution >= 4 is 6.29 Å². The van der Waals surface area contributed by atoms with Gasteiger partial charge >= 0.3 is 0 Å². The molecule has 1 aromatic rings. The van der Waals surface area contributed by atoms with E-state index >= 15 is 0 Å². The molecule has 1 fully saturated rings. The summed E-state index contributed by atoms with van der Waals surface area (Å²) in [5.41, 5.74) is 1.13. The maximum absolute atomic E-state index is 10.8. The molecule has 0 aliphatic carbocycles. The molecule has 1 aliphatic heterocycles. The molecule has 1 aliphatic rings. The second-order valence-corrected chi connectivity index (χ2v) is 3.50. The van der Waals surface area contributed by atoms with E-state index in [1.54, 1.807) is 5.06 Å². The van der Waals surface area contributed by atoms with Crippen LogP contribution in [0.2, 0.25) is 0 Å². The number of rotatable bonds is 2. The van der Waals surface area contributed by atoms with Crippen molar-refractivity contribution in [2.45, 2.75) is 6.04 Å². The van der Waals surface area contributed by atoms with Crippen LogP contribution >= 0.6 is 0 Å². The minimum atomic E-state index is -0.0533. The van der Waals surface area contributed by atoms with Crippen LogP contribution in [0.3, 0.4) is 0 Å². The first-order valence-electron chi connectivity index (χ1n) is 4.69. The standard InChI is InChI=1S/C11H13NO2/c1-12-11(10(7-13)8-14-12)9-5-3-2-4-6-9/h2-7,10-11H,8H2,1H3/t10-,11+/m1/s1. The van der Waals surface area contributed by atoms with E-state index < -0.39 is 0 Å². The number of carbonyl (C=O) groups excluding carboxylic acids is 1. The van der Waals surface area contributed by atoms with Gasteiger partial charge in [-0.1, -0.05) is 30.3 Å². The van der Waals surface area contributed by atoms with Crippen LogP contribution in [0.1, 0.15) is 11.6 Å². The average Bonchev–Trinajstić information content (AvgIpc) is 2.61. The zero-order valence-electron chi connectivity index (χ0n) is 8.09. The molecule has 0 aromatic heterocycles. The van der Waals surface area contributed by atoms with Gasteiger partial charge in [-0.25, -0.2) is 0 Å². The van der Waals surface area contributed by atoms with Crippen molar-refractivity contribution in [3.63, 3.8) is 0 Å². The number of hydroxylamine groups is 2. The van der Waals surface area contributed by atoms with Crippen LogP contribution in [0.5, 0.6) is 0 Å². The Morgan fingerprint density at radius 1 is 1.43 bits per heavy atom. The van der Waals surface area contributed by atoms with E-state index in [2.05, 4.69) is 0 Å². The lowest BCUT2D eigenvalue weighted by molar-refractivity contribution is -0.111. The van der Waals surface area contributed by atoms with Crippen LogP contribution < -0.4 is 0 Å². The lowest BCUT2D eigenvalue weighted by atomic mass is 9.96. The second kappa shape index (κ2) is 3.90. The van der Waals surface area contributed by atoms with Gasteiger partial charge in [0.2, 0.25) is 0 Å². The SMILES string of the molecule is CN1OC[C@@H](C=O)[C@@H]1c1ccccc1. The Morgan fingerprint density at radius 3 is 2.79 bits per heavy atom. The van der Waals surface area contributed by atoms with E-state index in [4.69, 9.17) is 4.84 Å². The topological polar surface area (TPSA) is 29.5 Å². The maximum atomic E-state index is 10.8. The first-order valence-corrected chi connectivity index (χ1v) is 4.69. The molecule has 1 aromatic carbocycles. The molecule has 0 amide bonds. The van der Waals surface area contributed by atoms with E-state index in [0.29, 0.717) is 6.61 Å². The summed E-state index contributed by atoms with van der Waals surface area (Å²) in [6.45, 7) is 0.486. The second-order valence-electron chi connectivity index (χ2n) is 3.50. The molecule has 74 valence electrons. The first kappa shape index (κ1) is 9.37. The van der Waals surface area contributed by atoms with Crippen molar-refractivity contribution in [1.82, 2.24) is 5.06 Å². The van der Waals surface area contributed by atoms with Gasteiger partial charge in [-0.15, -0.1) is 0 Å². The molecule has 0 saturated carbocycles. The number of hydrogen-bond donors (Lipinski definition) is 0. The molecule has 2 rings (SSSR count). The molecule has 0 radical (unpaired) electrons. The molecule has 2 atom stereocenters. The molecule has 0 N–H and O–H groups in total. The summed E-state index contributed by atoms with van der Waals surface area (Å²) >= 11 is 0. The van der Waals surface area contributed by atoms with Gasteiger partial charge in [-0.2, -0.15) is 5.06 Å². The molecule has 0 spiro atoms. The summed E-state index contributed by atoms with van der Waals surface area (Å²) in [4.78, 5) is 16.2. The van der Waals surface area contributed by atoms with Gasteiger partial charge in [0.05, 0.1) is 18.6 Å². The average molecular weight is 191 g/mol. The third-order valence-corrected chi connectivity index (χ3v) is 2.58. The molecule has 0 bridgehead atoms. The highest BCUT2D eigenvalue weighted by molar-refractivity contribution is 5.56. The van der Waals surface area contributed by atoms with E-state index in [1.165, 1.54) is 0 Å². The number of carbonyl (C=O) groups is 1. The summed E-state index contributed by atoms with van der Waals surface area (Å²) in [7, 11) is 1.86. The third-order valence-electron chi connectivity index (χ3n) is 2.58. The van der Waals surface area contributed by atoms with Crippen molar-refractivity contribution in [3.05, 3.63) is 35.9 Å². The fraction of sp³-hybridized carbons (Fsp3) is 0.364. The monoisotopic (exact) mass is 191 g/mol. The Bertz CT molecular complexity index is 312. The van der Waals surface area contributed by atoms with Gasteiger partial charge in [0.25, 0.3) is 0 Å². The zero-order valence-corrected chi connectivity index (χ0v) is 8.09. The molecule has 3 heteroatoms. The summed E-state index contributed by atoms with van der Waals surface area (Å²) in [5.74, 6) is -0.0533. The van der Waals surface area contributed by atoms with Crippen LogP contribution in [0.4, 0.5) is 0 Å². The first-order chi connectivity index (χ1) is 6.83. The number of nitrogens with zero attached hydrogens (tertiary/aromatic N) is 1. The predicted molar refractivity (Wildman–Crippen MR) is 52.5 cm³/mol. The van der Waals surface area contributed by atoms with Gasteiger partial charge in [-0.05, 0) is 5.56 Å². The highest BCUT2D eigenvalue weighted by atomic mass is 16.7. The number of benzene rings is 1.